The fourth-order valence-corrected chi connectivity index (χ4v) is 2.17. The van der Waals surface area contributed by atoms with Crippen molar-refractivity contribution in [2.45, 2.75) is 12.7 Å². The van der Waals surface area contributed by atoms with Crippen LogP contribution in [0.2, 0.25) is 0 Å². The highest BCUT2D eigenvalue weighted by molar-refractivity contribution is 5.79. The van der Waals surface area contributed by atoms with Gasteiger partial charge in [-0.25, -0.2) is 0 Å². The minimum Gasteiger partial charge on any atom is -0.492 e. The summed E-state index contributed by atoms with van der Waals surface area (Å²) in [6, 6.07) is 16.0. The molecule has 5 nitrogen and oxygen atoms in total. The molecular weight excluding hydrogens is 359 g/mol. The Hall–Kier alpha value is -2.90. The maximum atomic E-state index is 12.2. The van der Waals surface area contributed by atoms with Crippen LogP contribution in [-0.4, -0.2) is 38.9 Å². The minimum absolute atomic E-state index is 0.172. The van der Waals surface area contributed by atoms with Crippen LogP contribution in [0.4, 0.5) is 13.2 Å². The van der Waals surface area contributed by atoms with Gasteiger partial charge in [0.25, 0.3) is 0 Å². The van der Waals surface area contributed by atoms with E-state index in [1.165, 1.54) is 6.07 Å². The molecule has 2 aromatic rings. The number of rotatable bonds is 8. The molecule has 0 aliphatic heterocycles. The molecule has 146 valence electrons. The second-order valence-electron chi connectivity index (χ2n) is 5.57. The minimum atomic E-state index is -4.36. The second kappa shape index (κ2) is 10.3. The van der Waals surface area contributed by atoms with Crippen molar-refractivity contribution < 1.29 is 22.6 Å². The Kier molecular flexibility index (Phi) is 7.79. The molecule has 0 spiro atoms. The molecule has 0 aliphatic rings. The average molecular weight is 381 g/mol. The summed E-state index contributed by atoms with van der Waals surface area (Å²) >= 11 is 0. The van der Waals surface area contributed by atoms with Crippen molar-refractivity contribution in [1.29, 1.82) is 0 Å². The molecule has 2 rings (SSSR count). The number of hydrogen-bond acceptors (Lipinski definition) is 3. The number of halogens is 3. The van der Waals surface area contributed by atoms with Gasteiger partial charge in [0.1, 0.15) is 18.1 Å². The van der Waals surface area contributed by atoms with Gasteiger partial charge in [0, 0.05) is 13.6 Å². The highest BCUT2D eigenvalue weighted by Crippen LogP contribution is 2.19. The number of ether oxygens (including phenoxy) is 2. The number of guanidine groups is 1. The number of aliphatic imine (C=N–C) groups is 1. The van der Waals surface area contributed by atoms with Crippen LogP contribution in [0.15, 0.2) is 59.6 Å². The van der Waals surface area contributed by atoms with Crippen molar-refractivity contribution in [3.63, 3.8) is 0 Å². The fraction of sp³-hybridized carbons (Fsp3) is 0.316. The lowest BCUT2D eigenvalue weighted by Crippen LogP contribution is -2.38. The van der Waals surface area contributed by atoms with Gasteiger partial charge in [-0.05, 0) is 29.8 Å². The van der Waals surface area contributed by atoms with E-state index < -0.39 is 12.8 Å². The first-order valence-corrected chi connectivity index (χ1v) is 8.37. The summed E-state index contributed by atoms with van der Waals surface area (Å²) in [5.74, 6) is 1.53. The van der Waals surface area contributed by atoms with Crippen molar-refractivity contribution in [2.75, 3.05) is 26.8 Å². The summed E-state index contributed by atoms with van der Waals surface area (Å²) in [6.07, 6.45) is -4.36. The third-order valence-electron chi connectivity index (χ3n) is 3.39. The molecule has 27 heavy (non-hydrogen) atoms. The van der Waals surface area contributed by atoms with Crippen molar-refractivity contribution in [3.8, 4) is 11.5 Å². The molecule has 0 bridgehead atoms. The van der Waals surface area contributed by atoms with E-state index in [0.29, 0.717) is 25.7 Å². The molecular formula is C19H22F3N3O2. The van der Waals surface area contributed by atoms with Crippen molar-refractivity contribution in [3.05, 3.63) is 60.2 Å². The average Bonchev–Trinajstić information content (AvgIpc) is 2.66. The standard InChI is InChI=1S/C19H22F3N3O2/c1-23-18(24-10-11-26-16-7-3-2-4-8-16)25-13-15-6-5-9-17(12-15)27-14-19(20,21)22/h2-9,12H,10-11,13-14H2,1H3,(H2,23,24,25). The molecule has 0 aliphatic carbocycles. The van der Waals surface area contributed by atoms with Crippen LogP contribution in [0.25, 0.3) is 0 Å². The lowest BCUT2D eigenvalue weighted by atomic mass is 10.2. The first-order chi connectivity index (χ1) is 13.0. The van der Waals surface area contributed by atoms with Gasteiger partial charge in [0.2, 0.25) is 0 Å². The number of nitrogens with zero attached hydrogens (tertiary/aromatic N) is 1. The molecule has 2 N–H and O–H groups in total. The first kappa shape index (κ1) is 20.4. The predicted molar refractivity (Wildman–Crippen MR) is 98.1 cm³/mol. The number of hydrogen-bond donors (Lipinski definition) is 2. The first-order valence-electron chi connectivity index (χ1n) is 8.37. The molecule has 2 aromatic carbocycles. The van der Waals surface area contributed by atoms with Crippen molar-refractivity contribution in [2.24, 2.45) is 4.99 Å². The maximum absolute atomic E-state index is 12.2. The summed E-state index contributed by atoms with van der Waals surface area (Å²) in [4.78, 5) is 4.10. The molecule has 0 radical (unpaired) electrons. The summed E-state index contributed by atoms with van der Waals surface area (Å²) in [7, 11) is 1.64. The normalized spacial score (nSPS) is 11.8. The highest BCUT2D eigenvalue weighted by Gasteiger charge is 2.28. The molecule has 0 fully saturated rings. The van der Waals surface area contributed by atoms with E-state index in [9.17, 15) is 13.2 Å². The van der Waals surface area contributed by atoms with Crippen LogP contribution >= 0.6 is 0 Å². The van der Waals surface area contributed by atoms with Gasteiger partial charge < -0.3 is 20.1 Å². The molecule has 0 unspecified atom stereocenters. The molecule has 0 aromatic heterocycles. The quantitative estimate of drug-likeness (QED) is 0.418. The Morgan fingerprint density at radius 1 is 0.963 bits per heavy atom. The van der Waals surface area contributed by atoms with Gasteiger partial charge >= 0.3 is 6.18 Å². The van der Waals surface area contributed by atoms with Crippen LogP contribution in [0.3, 0.4) is 0 Å². The smallest absolute Gasteiger partial charge is 0.422 e. The molecule has 0 saturated heterocycles. The Balaban J connectivity index is 1.73. The molecule has 8 heteroatoms. The van der Waals surface area contributed by atoms with Crippen LogP contribution in [0, 0.1) is 0 Å². The lowest BCUT2D eigenvalue weighted by Gasteiger charge is -2.13. The molecule has 0 amide bonds. The van der Waals surface area contributed by atoms with Crippen molar-refractivity contribution in [1.82, 2.24) is 10.6 Å². The Bertz CT molecular complexity index is 722. The second-order valence-corrected chi connectivity index (χ2v) is 5.57. The molecule has 0 saturated carbocycles. The largest absolute Gasteiger partial charge is 0.492 e. The fourth-order valence-electron chi connectivity index (χ4n) is 2.17. The van der Waals surface area contributed by atoms with Gasteiger partial charge in [-0.3, -0.25) is 4.99 Å². The SMILES string of the molecule is CN=C(NCCOc1ccccc1)NCc1cccc(OCC(F)(F)F)c1. The third-order valence-corrected chi connectivity index (χ3v) is 3.39. The van der Waals surface area contributed by atoms with Gasteiger partial charge in [0.05, 0.1) is 6.54 Å². The summed E-state index contributed by atoms with van der Waals surface area (Å²) in [5, 5.41) is 6.19. The number of nitrogens with one attached hydrogen (secondary N) is 2. The zero-order chi connectivity index (χ0) is 19.5. The van der Waals surface area contributed by atoms with E-state index >= 15 is 0 Å². The maximum Gasteiger partial charge on any atom is 0.422 e. The zero-order valence-electron chi connectivity index (χ0n) is 14.9. The van der Waals surface area contributed by atoms with Crippen LogP contribution in [0.5, 0.6) is 11.5 Å². The molecule has 0 heterocycles. The van der Waals surface area contributed by atoms with E-state index in [2.05, 4.69) is 15.6 Å². The van der Waals surface area contributed by atoms with Gasteiger partial charge in [-0.2, -0.15) is 13.2 Å². The predicted octanol–water partition coefficient (Wildman–Crippen LogP) is 3.37. The van der Waals surface area contributed by atoms with E-state index in [1.807, 2.05) is 30.3 Å². The van der Waals surface area contributed by atoms with E-state index in [0.717, 1.165) is 11.3 Å². The Morgan fingerprint density at radius 3 is 2.41 bits per heavy atom. The van der Waals surface area contributed by atoms with Crippen LogP contribution in [0.1, 0.15) is 5.56 Å². The highest BCUT2D eigenvalue weighted by atomic mass is 19.4. The van der Waals surface area contributed by atoms with Gasteiger partial charge in [-0.15, -0.1) is 0 Å². The van der Waals surface area contributed by atoms with Crippen LogP contribution < -0.4 is 20.1 Å². The number of alkyl halides is 3. The summed E-state index contributed by atoms with van der Waals surface area (Å²) in [6.45, 7) is 0.0890. The summed E-state index contributed by atoms with van der Waals surface area (Å²) < 4.78 is 47.0. The monoisotopic (exact) mass is 381 g/mol. The van der Waals surface area contributed by atoms with E-state index in [1.54, 1.807) is 25.2 Å². The zero-order valence-corrected chi connectivity index (χ0v) is 14.9. The van der Waals surface area contributed by atoms with Crippen LogP contribution in [-0.2, 0) is 6.54 Å². The number of benzene rings is 2. The van der Waals surface area contributed by atoms with Crippen molar-refractivity contribution >= 4 is 5.96 Å². The Morgan fingerprint density at radius 2 is 1.70 bits per heavy atom. The number of para-hydroxylation sites is 1. The summed E-state index contributed by atoms with van der Waals surface area (Å²) in [5.41, 5.74) is 0.776. The van der Waals surface area contributed by atoms with E-state index in [4.69, 9.17) is 9.47 Å². The third kappa shape index (κ3) is 8.35. The van der Waals surface area contributed by atoms with E-state index in [-0.39, 0.29) is 5.75 Å². The molecule has 0 atom stereocenters. The van der Waals surface area contributed by atoms with Gasteiger partial charge in [0.15, 0.2) is 12.6 Å². The Labute approximate surface area is 156 Å². The topological polar surface area (TPSA) is 54.9 Å². The van der Waals surface area contributed by atoms with Gasteiger partial charge in [-0.1, -0.05) is 30.3 Å². The lowest BCUT2D eigenvalue weighted by molar-refractivity contribution is -0.153.